The molecule has 5 N–H and O–H groups in total. The highest BCUT2D eigenvalue weighted by molar-refractivity contribution is 5.98. The number of carbonyl (C=O) groups excluding carboxylic acids is 4. The van der Waals surface area contributed by atoms with Gasteiger partial charge in [-0.3, -0.25) is 29.4 Å². The maximum Gasteiger partial charge on any atom is 0.327 e. The Morgan fingerprint density at radius 3 is 1.76 bits per heavy atom. The number of amides is 6. The van der Waals surface area contributed by atoms with Gasteiger partial charge in [0.25, 0.3) is 5.92 Å². The molecule has 2 heterocycles. The highest BCUT2D eigenvalue weighted by Gasteiger charge is 2.50. The molecule has 1 aliphatic rings. The summed E-state index contributed by atoms with van der Waals surface area (Å²) >= 11 is 0. The van der Waals surface area contributed by atoms with Crippen molar-refractivity contribution in [1.29, 1.82) is 0 Å². The largest absolute Gasteiger partial charge is 0.385 e. The molecule has 15 heteroatoms. The molecule has 0 radical (unpaired) electrons. The molecule has 0 spiro atoms. The van der Waals surface area contributed by atoms with Crippen molar-refractivity contribution in [2.45, 2.75) is 123 Å². The monoisotopic (exact) mass is 772 g/mol. The molecule has 6 amide bonds. The Kier molecular flexibility index (Phi) is 17.1. The maximum atomic E-state index is 16.7. The number of aliphatic hydroxyl groups excluding tert-OH is 1. The van der Waals surface area contributed by atoms with E-state index in [1.54, 1.807) is 76.5 Å². The number of nitrogens with zero attached hydrogens (tertiary/aromatic N) is 6. The molecule has 1 saturated carbocycles. The zero-order valence-corrected chi connectivity index (χ0v) is 33.5. The Labute approximate surface area is 324 Å². The number of hydrogen-bond donors (Lipinski definition) is 3. The fourth-order valence-electron chi connectivity index (χ4n) is 6.95. The molecule has 5 atom stereocenters. The van der Waals surface area contributed by atoms with E-state index in [0.29, 0.717) is 24.2 Å². The minimum Gasteiger partial charge on any atom is -0.385 e. The minimum absolute atomic E-state index is 0.0226. The van der Waals surface area contributed by atoms with E-state index in [-0.39, 0.29) is 31.3 Å². The number of carbonyl (C=O) groups is 4. The van der Waals surface area contributed by atoms with Crippen molar-refractivity contribution < 1.29 is 33.1 Å². The van der Waals surface area contributed by atoms with Gasteiger partial charge >= 0.3 is 12.1 Å². The minimum atomic E-state index is -3.88. The van der Waals surface area contributed by atoms with Gasteiger partial charge in [-0.05, 0) is 54.4 Å². The lowest BCUT2D eigenvalue weighted by Crippen LogP contribution is -2.62. The quantitative estimate of drug-likeness (QED) is 0.193. The van der Waals surface area contributed by atoms with Crippen LogP contribution in [0, 0.1) is 23.7 Å². The van der Waals surface area contributed by atoms with Gasteiger partial charge < -0.3 is 26.4 Å². The van der Waals surface area contributed by atoms with Gasteiger partial charge in [0.05, 0.1) is 42.6 Å². The fourth-order valence-corrected chi connectivity index (χ4v) is 6.95. The topological polar surface area (TPSA) is 179 Å². The first-order valence-corrected chi connectivity index (χ1v) is 19.4. The van der Waals surface area contributed by atoms with E-state index < -0.39 is 78.8 Å². The standard InChI is InChI=1S/C40H62F2N8O5/c1-26(2)33(43)36(52)49(38(54)47(6)24-30-17-11-13-19-45-30)23-28(5)22-40(41,42)35(51)32(21-29-15-9-8-10-16-29)50(37(53)34(44)27(3)4)39(55)48(7)25-31-18-12-14-20-46-31/h11-14,17-20,26-29,32-35,51H,8-10,15-16,21-25,43-44H2,1-7H3/t28?,32-,33-,34-,35+/m0/s1. The van der Waals surface area contributed by atoms with E-state index in [9.17, 15) is 24.3 Å². The molecule has 1 unspecified atom stereocenters. The normalized spacial score (nSPS) is 16.5. The Morgan fingerprint density at radius 1 is 0.800 bits per heavy atom. The van der Waals surface area contributed by atoms with Gasteiger partial charge in [-0.2, -0.15) is 0 Å². The van der Waals surface area contributed by atoms with Crippen molar-refractivity contribution in [2.75, 3.05) is 20.6 Å². The van der Waals surface area contributed by atoms with E-state index in [2.05, 4.69) is 9.97 Å². The summed E-state index contributed by atoms with van der Waals surface area (Å²) in [6, 6.07) is 4.82. The van der Waals surface area contributed by atoms with Crippen LogP contribution in [0.1, 0.15) is 91.0 Å². The van der Waals surface area contributed by atoms with Crippen LogP contribution in [-0.4, -0.2) is 109 Å². The first-order valence-electron chi connectivity index (χ1n) is 19.4. The van der Waals surface area contributed by atoms with Crippen molar-refractivity contribution >= 4 is 23.9 Å². The number of pyridine rings is 2. The van der Waals surface area contributed by atoms with Gasteiger partial charge in [-0.25, -0.2) is 18.4 Å². The number of halogens is 2. The highest BCUT2D eigenvalue weighted by Crippen LogP contribution is 2.37. The molecule has 13 nitrogen and oxygen atoms in total. The molecule has 0 saturated heterocycles. The third kappa shape index (κ3) is 12.7. The predicted octanol–water partition coefficient (Wildman–Crippen LogP) is 5.27. The summed E-state index contributed by atoms with van der Waals surface area (Å²) in [5, 5.41) is 11.8. The van der Waals surface area contributed by atoms with Crippen molar-refractivity contribution in [3.8, 4) is 0 Å². The molecule has 2 aromatic heterocycles. The average Bonchev–Trinajstić information content (AvgIpc) is 3.15. The molecule has 3 rings (SSSR count). The SMILES string of the molecule is CC(CN(C(=O)[C@@H](N)C(C)C)C(=O)N(C)Cc1ccccn1)CC(F)(F)[C@H](O)[C@H](CC1CCCCC1)N(C(=O)[C@@H](N)C(C)C)C(=O)N(C)Cc1ccccn1. The van der Waals surface area contributed by atoms with Crippen LogP contribution in [0.5, 0.6) is 0 Å². The second-order valence-corrected chi connectivity index (χ2v) is 15.9. The summed E-state index contributed by atoms with van der Waals surface area (Å²) in [5.41, 5.74) is 13.6. The first-order chi connectivity index (χ1) is 25.8. The van der Waals surface area contributed by atoms with Crippen molar-refractivity contribution in [3.63, 3.8) is 0 Å². The number of aliphatic hydroxyl groups is 1. The Hall–Kier alpha value is -4.08. The Bertz CT molecular complexity index is 1530. The van der Waals surface area contributed by atoms with Crippen LogP contribution in [0.2, 0.25) is 0 Å². The summed E-state index contributed by atoms with van der Waals surface area (Å²) in [6.45, 7) is 7.88. The number of nitrogens with two attached hydrogens (primary N) is 2. The lowest BCUT2D eigenvalue weighted by molar-refractivity contribution is -0.160. The van der Waals surface area contributed by atoms with Crippen LogP contribution >= 0.6 is 0 Å². The number of rotatable bonds is 17. The van der Waals surface area contributed by atoms with E-state index in [1.807, 2.05) is 0 Å². The van der Waals surface area contributed by atoms with Crippen LogP contribution in [-0.2, 0) is 22.7 Å². The smallest absolute Gasteiger partial charge is 0.327 e. The summed E-state index contributed by atoms with van der Waals surface area (Å²) in [4.78, 5) is 68.3. The number of imide groups is 2. The number of urea groups is 2. The lowest BCUT2D eigenvalue weighted by Gasteiger charge is -2.42. The molecular weight excluding hydrogens is 710 g/mol. The molecule has 1 aliphatic carbocycles. The van der Waals surface area contributed by atoms with Gasteiger partial charge in [0.2, 0.25) is 11.8 Å². The fraction of sp³-hybridized carbons (Fsp3) is 0.650. The summed E-state index contributed by atoms with van der Waals surface area (Å²) in [7, 11) is 2.92. The Balaban J connectivity index is 1.97. The third-order valence-electron chi connectivity index (χ3n) is 10.4. The highest BCUT2D eigenvalue weighted by atomic mass is 19.3. The van der Waals surface area contributed by atoms with E-state index >= 15 is 8.78 Å². The van der Waals surface area contributed by atoms with Crippen LogP contribution in [0.3, 0.4) is 0 Å². The molecule has 1 fully saturated rings. The Morgan fingerprint density at radius 2 is 1.29 bits per heavy atom. The maximum absolute atomic E-state index is 16.7. The zero-order valence-electron chi connectivity index (χ0n) is 33.5. The van der Waals surface area contributed by atoms with Gasteiger partial charge in [-0.15, -0.1) is 0 Å². The third-order valence-corrected chi connectivity index (χ3v) is 10.4. The summed E-state index contributed by atoms with van der Waals surface area (Å²) in [5.74, 6) is -7.42. The van der Waals surface area contributed by atoms with Crippen LogP contribution in [0.4, 0.5) is 18.4 Å². The molecule has 0 bridgehead atoms. The molecule has 55 heavy (non-hydrogen) atoms. The number of alkyl halides is 2. The van der Waals surface area contributed by atoms with Crippen LogP contribution in [0.25, 0.3) is 0 Å². The summed E-state index contributed by atoms with van der Waals surface area (Å²) in [6.07, 6.45) is 3.72. The predicted molar refractivity (Wildman–Crippen MR) is 206 cm³/mol. The molecule has 2 aromatic rings. The van der Waals surface area contributed by atoms with E-state index in [0.717, 1.165) is 29.1 Å². The first kappa shape index (κ1) is 45.3. The van der Waals surface area contributed by atoms with Crippen molar-refractivity contribution in [3.05, 3.63) is 60.2 Å². The number of hydrogen-bond acceptors (Lipinski definition) is 9. The molecule has 0 aliphatic heterocycles. The van der Waals surface area contributed by atoms with Crippen molar-refractivity contribution in [1.82, 2.24) is 29.6 Å². The van der Waals surface area contributed by atoms with Gasteiger partial charge in [0.1, 0.15) is 6.10 Å². The molecule has 0 aromatic carbocycles. The molecular formula is C40H62F2N8O5. The van der Waals surface area contributed by atoms with Crippen LogP contribution < -0.4 is 11.5 Å². The average molecular weight is 773 g/mol. The molecule has 306 valence electrons. The van der Waals surface area contributed by atoms with Gasteiger partial charge in [-0.1, -0.05) is 78.9 Å². The number of aromatic nitrogens is 2. The summed E-state index contributed by atoms with van der Waals surface area (Å²) < 4.78 is 33.3. The second-order valence-electron chi connectivity index (χ2n) is 15.9. The van der Waals surface area contributed by atoms with Gasteiger partial charge in [0, 0.05) is 39.5 Å². The second kappa shape index (κ2) is 20.7. The van der Waals surface area contributed by atoms with Crippen LogP contribution in [0.15, 0.2) is 48.8 Å². The van der Waals surface area contributed by atoms with E-state index in [1.165, 1.54) is 30.8 Å². The van der Waals surface area contributed by atoms with Gasteiger partial charge in [0.15, 0.2) is 0 Å². The lowest BCUT2D eigenvalue weighted by atomic mass is 9.81. The van der Waals surface area contributed by atoms with E-state index in [4.69, 9.17) is 11.5 Å². The van der Waals surface area contributed by atoms with Crippen molar-refractivity contribution in [2.24, 2.45) is 35.1 Å². The zero-order chi connectivity index (χ0) is 41.0.